The summed E-state index contributed by atoms with van der Waals surface area (Å²) >= 11 is 5.92. The lowest BCUT2D eigenvalue weighted by Crippen LogP contribution is -2.32. The van der Waals surface area contributed by atoms with Gasteiger partial charge in [0.1, 0.15) is 5.75 Å². The van der Waals surface area contributed by atoms with Crippen LogP contribution in [0.3, 0.4) is 0 Å². The number of anilines is 1. The molecule has 0 atom stereocenters. The maximum absolute atomic E-state index is 11.8. The molecule has 2 amide bonds. The van der Waals surface area contributed by atoms with Gasteiger partial charge in [-0.05, 0) is 48.4 Å². The lowest BCUT2D eigenvalue weighted by molar-refractivity contribution is -0.136. The van der Waals surface area contributed by atoms with Crippen LogP contribution in [0.5, 0.6) is 5.75 Å². The van der Waals surface area contributed by atoms with E-state index in [0.29, 0.717) is 17.3 Å². The van der Waals surface area contributed by atoms with Gasteiger partial charge < -0.3 is 10.1 Å². The fourth-order valence-electron chi connectivity index (χ4n) is 1.94. The van der Waals surface area contributed by atoms with Crippen molar-refractivity contribution in [1.82, 2.24) is 5.43 Å². The van der Waals surface area contributed by atoms with Gasteiger partial charge in [-0.3, -0.25) is 9.59 Å². The molecule has 0 aromatic heterocycles. The Morgan fingerprint density at radius 2 is 1.85 bits per heavy atom. The van der Waals surface area contributed by atoms with Gasteiger partial charge in [0.05, 0.1) is 23.5 Å². The third-order valence-corrected chi connectivity index (χ3v) is 3.68. The highest BCUT2D eigenvalue weighted by Crippen LogP contribution is 2.20. The summed E-state index contributed by atoms with van der Waals surface area (Å²) in [6, 6.07) is 13.9. The molecule has 6 nitrogen and oxygen atoms in total. The van der Waals surface area contributed by atoms with Crippen LogP contribution in [-0.2, 0) is 9.59 Å². The maximum atomic E-state index is 11.8. The van der Waals surface area contributed by atoms with Crippen molar-refractivity contribution in [1.29, 1.82) is 0 Å². The Morgan fingerprint density at radius 3 is 2.54 bits per heavy atom. The van der Waals surface area contributed by atoms with E-state index in [0.717, 1.165) is 24.2 Å². The summed E-state index contributed by atoms with van der Waals surface area (Å²) in [6.45, 7) is 2.78. The third kappa shape index (κ3) is 6.22. The number of unbranched alkanes of at least 4 members (excludes halogenated alkanes) is 1. The van der Waals surface area contributed by atoms with E-state index in [2.05, 4.69) is 22.8 Å². The van der Waals surface area contributed by atoms with E-state index in [4.69, 9.17) is 16.3 Å². The number of carbonyl (C=O) groups is 2. The molecular formula is C19H20ClN3O3. The van der Waals surface area contributed by atoms with Gasteiger partial charge in [0.2, 0.25) is 0 Å². The van der Waals surface area contributed by atoms with Crippen molar-refractivity contribution in [3.8, 4) is 5.75 Å². The van der Waals surface area contributed by atoms with Crippen LogP contribution in [0, 0.1) is 0 Å². The van der Waals surface area contributed by atoms with Crippen molar-refractivity contribution in [2.45, 2.75) is 19.8 Å². The van der Waals surface area contributed by atoms with E-state index in [1.54, 1.807) is 36.4 Å². The van der Waals surface area contributed by atoms with Gasteiger partial charge in [-0.25, -0.2) is 5.43 Å². The van der Waals surface area contributed by atoms with Gasteiger partial charge in [-0.15, -0.1) is 0 Å². The molecule has 0 heterocycles. The van der Waals surface area contributed by atoms with Crippen LogP contribution < -0.4 is 15.5 Å². The number of benzene rings is 2. The van der Waals surface area contributed by atoms with Crippen LogP contribution in [0.4, 0.5) is 5.69 Å². The van der Waals surface area contributed by atoms with E-state index < -0.39 is 11.8 Å². The van der Waals surface area contributed by atoms with Crippen LogP contribution in [0.15, 0.2) is 53.6 Å². The molecule has 0 bridgehead atoms. The molecule has 7 heteroatoms. The first-order valence-electron chi connectivity index (χ1n) is 8.22. The van der Waals surface area contributed by atoms with Crippen molar-refractivity contribution in [3.05, 3.63) is 59.1 Å². The number of halogens is 1. The topological polar surface area (TPSA) is 79.8 Å². The van der Waals surface area contributed by atoms with Gasteiger partial charge in [0, 0.05) is 0 Å². The number of hydrogen-bond acceptors (Lipinski definition) is 4. The first-order chi connectivity index (χ1) is 12.6. The van der Waals surface area contributed by atoms with Crippen LogP contribution in [0.25, 0.3) is 0 Å². The van der Waals surface area contributed by atoms with Crippen LogP contribution in [-0.4, -0.2) is 24.6 Å². The summed E-state index contributed by atoms with van der Waals surface area (Å²) in [5, 5.41) is 6.54. The lowest BCUT2D eigenvalue weighted by atomic mass is 10.2. The second kappa shape index (κ2) is 10.2. The molecule has 2 aromatic carbocycles. The zero-order chi connectivity index (χ0) is 18.8. The fourth-order valence-corrected chi connectivity index (χ4v) is 2.13. The highest BCUT2D eigenvalue weighted by Gasteiger charge is 2.13. The predicted octanol–water partition coefficient (Wildman–Crippen LogP) is 3.61. The normalized spacial score (nSPS) is 10.5. The Bertz CT molecular complexity index is 776. The Labute approximate surface area is 157 Å². The summed E-state index contributed by atoms with van der Waals surface area (Å²) in [6.07, 6.45) is 3.52. The molecule has 2 aromatic rings. The Kier molecular flexibility index (Phi) is 7.64. The minimum atomic E-state index is -0.888. The number of amides is 2. The van der Waals surface area contributed by atoms with E-state index in [1.807, 2.05) is 12.1 Å². The second-order valence-electron chi connectivity index (χ2n) is 5.40. The molecule has 0 fully saturated rings. The largest absolute Gasteiger partial charge is 0.494 e. The monoisotopic (exact) mass is 373 g/mol. The predicted molar refractivity (Wildman–Crippen MR) is 103 cm³/mol. The van der Waals surface area contributed by atoms with E-state index in [1.165, 1.54) is 6.21 Å². The molecule has 26 heavy (non-hydrogen) atoms. The van der Waals surface area contributed by atoms with Gasteiger partial charge in [-0.2, -0.15) is 5.10 Å². The molecule has 0 saturated heterocycles. The van der Waals surface area contributed by atoms with Gasteiger partial charge >= 0.3 is 11.8 Å². The summed E-state index contributed by atoms with van der Waals surface area (Å²) in [5.74, 6) is -0.964. The number of ether oxygens (including phenoxy) is 1. The van der Waals surface area contributed by atoms with E-state index in [-0.39, 0.29) is 0 Å². The SMILES string of the molecule is CCCCOc1ccc(/C=N\NC(=O)C(=O)Nc2ccccc2Cl)cc1. The molecule has 2 N–H and O–H groups in total. The number of rotatable bonds is 7. The highest BCUT2D eigenvalue weighted by atomic mass is 35.5. The average molecular weight is 374 g/mol. The Hall–Kier alpha value is -2.86. The minimum Gasteiger partial charge on any atom is -0.494 e. The molecule has 0 radical (unpaired) electrons. The summed E-state index contributed by atoms with van der Waals surface area (Å²) < 4.78 is 5.56. The maximum Gasteiger partial charge on any atom is 0.329 e. The zero-order valence-electron chi connectivity index (χ0n) is 14.4. The average Bonchev–Trinajstić information content (AvgIpc) is 2.65. The quantitative estimate of drug-likeness (QED) is 0.337. The number of carbonyl (C=O) groups excluding carboxylic acids is 2. The van der Waals surface area contributed by atoms with Crippen molar-refractivity contribution >= 4 is 35.3 Å². The second-order valence-corrected chi connectivity index (χ2v) is 5.81. The summed E-state index contributed by atoms with van der Waals surface area (Å²) in [4.78, 5) is 23.6. The van der Waals surface area contributed by atoms with Gasteiger partial charge in [0.15, 0.2) is 0 Å². The molecule has 136 valence electrons. The fraction of sp³-hybridized carbons (Fsp3) is 0.211. The van der Waals surface area contributed by atoms with Crippen LogP contribution >= 0.6 is 11.6 Å². The summed E-state index contributed by atoms with van der Waals surface area (Å²) in [5.41, 5.74) is 3.29. The molecule has 0 saturated carbocycles. The molecule has 0 unspecified atom stereocenters. The number of hydrogen-bond donors (Lipinski definition) is 2. The number of nitrogens with zero attached hydrogens (tertiary/aromatic N) is 1. The van der Waals surface area contributed by atoms with Crippen molar-refractivity contribution < 1.29 is 14.3 Å². The molecule has 0 aliphatic rings. The summed E-state index contributed by atoms with van der Waals surface area (Å²) in [7, 11) is 0. The molecule has 0 spiro atoms. The Balaban J connectivity index is 1.82. The van der Waals surface area contributed by atoms with Crippen LogP contribution in [0.1, 0.15) is 25.3 Å². The zero-order valence-corrected chi connectivity index (χ0v) is 15.1. The standard InChI is InChI=1S/C19H20ClN3O3/c1-2-3-12-26-15-10-8-14(9-11-15)13-21-23-19(25)18(24)22-17-7-5-4-6-16(17)20/h4-11,13H,2-3,12H2,1H3,(H,22,24)(H,23,25)/b21-13-. The first kappa shape index (κ1) is 19.5. The highest BCUT2D eigenvalue weighted by molar-refractivity contribution is 6.41. The Morgan fingerprint density at radius 1 is 1.12 bits per heavy atom. The van der Waals surface area contributed by atoms with Crippen molar-refractivity contribution in [2.24, 2.45) is 5.10 Å². The first-order valence-corrected chi connectivity index (χ1v) is 8.59. The molecular weight excluding hydrogens is 354 g/mol. The van der Waals surface area contributed by atoms with Crippen LogP contribution in [0.2, 0.25) is 5.02 Å². The van der Waals surface area contributed by atoms with Crippen molar-refractivity contribution in [3.63, 3.8) is 0 Å². The lowest BCUT2D eigenvalue weighted by Gasteiger charge is -2.05. The molecule has 0 aliphatic carbocycles. The van der Waals surface area contributed by atoms with Gasteiger partial charge in [-0.1, -0.05) is 37.1 Å². The van der Waals surface area contributed by atoms with Gasteiger partial charge in [0.25, 0.3) is 0 Å². The van der Waals surface area contributed by atoms with E-state index in [9.17, 15) is 9.59 Å². The van der Waals surface area contributed by atoms with E-state index >= 15 is 0 Å². The molecule has 0 aliphatic heterocycles. The number of nitrogens with one attached hydrogen (secondary N) is 2. The number of para-hydroxylation sites is 1. The molecule has 2 rings (SSSR count). The minimum absolute atomic E-state index is 0.346. The third-order valence-electron chi connectivity index (χ3n) is 3.35. The van der Waals surface area contributed by atoms with Crippen molar-refractivity contribution in [2.75, 3.05) is 11.9 Å². The smallest absolute Gasteiger partial charge is 0.329 e. The number of hydrazone groups is 1.